The Balaban J connectivity index is 2.47. The third-order valence-corrected chi connectivity index (χ3v) is 2.77. The van der Waals surface area contributed by atoms with Gasteiger partial charge < -0.3 is 10.5 Å². The molecule has 1 unspecified atom stereocenters. The summed E-state index contributed by atoms with van der Waals surface area (Å²) in [5, 5.41) is 0. The maximum Gasteiger partial charge on any atom is 0.128 e. The van der Waals surface area contributed by atoms with Crippen LogP contribution in [0, 0.1) is 11.6 Å². The third-order valence-electron chi connectivity index (χ3n) is 2.77. The zero-order chi connectivity index (χ0) is 13.1. The van der Waals surface area contributed by atoms with Crippen LogP contribution >= 0.6 is 0 Å². The SMILES string of the molecule is COc1ccccc1C(N)c1cc(F)ccc1F. The second-order valence-electron chi connectivity index (χ2n) is 3.89. The van der Waals surface area contributed by atoms with Gasteiger partial charge in [-0.25, -0.2) is 8.78 Å². The number of hydrogen-bond donors (Lipinski definition) is 1. The molecule has 0 amide bonds. The first kappa shape index (κ1) is 12.5. The number of methoxy groups -OCH3 is 1. The van der Waals surface area contributed by atoms with Crippen LogP contribution in [0.15, 0.2) is 42.5 Å². The lowest BCUT2D eigenvalue weighted by Crippen LogP contribution is -2.15. The minimum absolute atomic E-state index is 0.111. The molecule has 0 saturated carbocycles. The van der Waals surface area contributed by atoms with E-state index in [4.69, 9.17) is 10.5 Å². The summed E-state index contributed by atoms with van der Waals surface area (Å²) in [6.45, 7) is 0. The Morgan fingerprint density at radius 1 is 1.06 bits per heavy atom. The summed E-state index contributed by atoms with van der Waals surface area (Å²) < 4.78 is 32.0. The largest absolute Gasteiger partial charge is 0.496 e. The van der Waals surface area contributed by atoms with Crippen molar-refractivity contribution in [3.8, 4) is 5.75 Å². The summed E-state index contributed by atoms with van der Waals surface area (Å²) >= 11 is 0. The van der Waals surface area contributed by atoms with Gasteiger partial charge in [-0.3, -0.25) is 0 Å². The Morgan fingerprint density at radius 3 is 2.50 bits per heavy atom. The molecular weight excluding hydrogens is 236 g/mol. The molecule has 0 fully saturated rings. The van der Waals surface area contributed by atoms with Gasteiger partial charge in [-0.05, 0) is 24.3 Å². The summed E-state index contributed by atoms with van der Waals surface area (Å²) in [5.41, 5.74) is 6.70. The fourth-order valence-corrected chi connectivity index (χ4v) is 1.84. The van der Waals surface area contributed by atoms with E-state index in [0.717, 1.165) is 18.2 Å². The number of halogens is 2. The molecule has 2 aromatic rings. The zero-order valence-electron chi connectivity index (χ0n) is 9.86. The number of nitrogens with two attached hydrogens (primary N) is 1. The highest BCUT2D eigenvalue weighted by atomic mass is 19.1. The van der Waals surface area contributed by atoms with Crippen molar-refractivity contribution in [1.29, 1.82) is 0 Å². The highest BCUT2D eigenvalue weighted by molar-refractivity contribution is 5.41. The number of benzene rings is 2. The van der Waals surface area contributed by atoms with Crippen LogP contribution in [0.2, 0.25) is 0 Å². The number of para-hydroxylation sites is 1. The molecule has 2 aromatic carbocycles. The van der Waals surface area contributed by atoms with Crippen LogP contribution in [-0.2, 0) is 0 Å². The minimum Gasteiger partial charge on any atom is -0.496 e. The molecule has 94 valence electrons. The molecule has 0 aromatic heterocycles. The maximum absolute atomic E-state index is 13.7. The summed E-state index contributed by atoms with van der Waals surface area (Å²) in [6, 6.07) is 9.49. The van der Waals surface area contributed by atoms with Crippen molar-refractivity contribution < 1.29 is 13.5 Å². The minimum atomic E-state index is -0.767. The Bertz CT molecular complexity index is 557. The van der Waals surface area contributed by atoms with E-state index in [2.05, 4.69) is 0 Å². The van der Waals surface area contributed by atoms with Crippen LogP contribution in [0.3, 0.4) is 0 Å². The Morgan fingerprint density at radius 2 is 1.78 bits per heavy atom. The van der Waals surface area contributed by atoms with Gasteiger partial charge in [-0.15, -0.1) is 0 Å². The molecule has 2 N–H and O–H groups in total. The van der Waals surface area contributed by atoms with Crippen molar-refractivity contribution in [3.05, 3.63) is 65.2 Å². The summed E-state index contributed by atoms with van der Waals surface area (Å²) in [4.78, 5) is 0. The molecule has 4 heteroatoms. The van der Waals surface area contributed by atoms with Crippen LogP contribution in [-0.4, -0.2) is 7.11 Å². The first-order valence-electron chi connectivity index (χ1n) is 5.47. The van der Waals surface area contributed by atoms with Crippen LogP contribution in [0.5, 0.6) is 5.75 Å². The number of hydrogen-bond acceptors (Lipinski definition) is 2. The molecule has 0 radical (unpaired) electrons. The predicted octanol–water partition coefficient (Wildman–Crippen LogP) is 3.02. The van der Waals surface area contributed by atoms with Gasteiger partial charge in [0.15, 0.2) is 0 Å². The van der Waals surface area contributed by atoms with Crippen molar-refractivity contribution in [2.24, 2.45) is 5.73 Å². The van der Waals surface area contributed by atoms with Crippen molar-refractivity contribution in [2.45, 2.75) is 6.04 Å². The average molecular weight is 249 g/mol. The first-order chi connectivity index (χ1) is 8.63. The molecule has 0 spiro atoms. The molecule has 18 heavy (non-hydrogen) atoms. The Kier molecular flexibility index (Phi) is 3.58. The molecule has 2 nitrogen and oxygen atoms in total. The summed E-state index contributed by atoms with van der Waals surface area (Å²) in [5.74, 6) is -0.500. The molecular formula is C14H13F2NO. The van der Waals surface area contributed by atoms with E-state index in [-0.39, 0.29) is 5.56 Å². The number of rotatable bonds is 3. The monoisotopic (exact) mass is 249 g/mol. The van der Waals surface area contributed by atoms with Crippen molar-refractivity contribution in [1.82, 2.24) is 0 Å². The van der Waals surface area contributed by atoms with Gasteiger partial charge in [0, 0.05) is 11.1 Å². The Labute approximate surface area is 104 Å². The van der Waals surface area contributed by atoms with E-state index in [1.807, 2.05) is 0 Å². The van der Waals surface area contributed by atoms with E-state index < -0.39 is 17.7 Å². The highest BCUT2D eigenvalue weighted by Crippen LogP contribution is 2.29. The fraction of sp³-hybridized carbons (Fsp3) is 0.143. The van der Waals surface area contributed by atoms with Gasteiger partial charge in [0.2, 0.25) is 0 Å². The lowest BCUT2D eigenvalue weighted by Gasteiger charge is -2.16. The van der Waals surface area contributed by atoms with Gasteiger partial charge in [0.05, 0.1) is 13.2 Å². The summed E-state index contributed by atoms with van der Waals surface area (Å²) in [6.07, 6.45) is 0. The molecule has 0 bridgehead atoms. The van der Waals surface area contributed by atoms with Gasteiger partial charge in [-0.2, -0.15) is 0 Å². The lowest BCUT2D eigenvalue weighted by atomic mass is 9.98. The molecule has 0 aliphatic carbocycles. The predicted molar refractivity (Wildman–Crippen MR) is 65.4 cm³/mol. The lowest BCUT2D eigenvalue weighted by molar-refractivity contribution is 0.407. The van der Waals surface area contributed by atoms with Crippen LogP contribution in [0.25, 0.3) is 0 Å². The quantitative estimate of drug-likeness (QED) is 0.907. The van der Waals surface area contributed by atoms with Gasteiger partial charge >= 0.3 is 0 Å². The van der Waals surface area contributed by atoms with Gasteiger partial charge in [-0.1, -0.05) is 18.2 Å². The van der Waals surface area contributed by atoms with E-state index >= 15 is 0 Å². The fourth-order valence-electron chi connectivity index (χ4n) is 1.84. The third kappa shape index (κ3) is 2.33. The maximum atomic E-state index is 13.7. The van der Waals surface area contributed by atoms with Crippen molar-refractivity contribution in [2.75, 3.05) is 7.11 Å². The first-order valence-corrected chi connectivity index (χ1v) is 5.47. The van der Waals surface area contributed by atoms with Crippen molar-refractivity contribution in [3.63, 3.8) is 0 Å². The molecule has 0 heterocycles. The van der Waals surface area contributed by atoms with Gasteiger partial charge in [0.1, 0.15) is 17.4 Å². The zero-order valence-corrected chi connectivity index (χ0v) is 9.86. The average Bonchev–Trinajstić information content (AvgIpc) is 2.40. The molecule has 2 rings (SSSR count). The van der Waals surface area contributed by atoms with Crippen LogP contribution in [0.1, 0.15) is 17.2 Å². The van der Waals surface area contributed by atoms with Crippen LogP contribution < -0.4 is 10.5 Å². The van der Waals surface area contributed by atoms with E-state index in [0.29, 0.717) is 11.3 Å². The molecule has 0 aliphatic rings. The summed E-state index contributed by atoms with van der Waals surface area (Å²) in [7, 11) is 1.51. The highest BCUT2D eigenvalue weighted by Gasteiger charge is 2.17. The second kappa shape index (κ2) is 5.14. The van der Waals surface area contributed by atoms with Crippen molar-refractivity contribution >= 4 is 0 Å². The van der Waals surface area contributed by atoms with Gasteiger partial charge in [0.25, 0.3) is 0 Å². The smallest absolute Gasteiger partial charge is 0.128 e. The standard InChI is InChI=1S/C14H13F2NO/c1-18-13-5-3-2-4-10(13)14(17)11-8-9(15)6-7-12(11)16/h2-8,14H,17H2,1H3. The Hall–Kier alpha value is -1.94. The number of ether oxygens (including phenoxy) is 1. The van der Waals surface area contributed by atoms with E-state index in [1.165, 1.54) is 7.11 Å². The molecule has 1 atom stereocenters. The molecule has 0 saturated heterocycles. The normalized spacial score (nSPS) is 12.2. The van der Waals surface area contributed by atoms with E-state index in [1.54, 1.807) is 24.3 Å². The molecule has 0 aliphatic heterocycles. The topological polar surface area (TPSA) is 35.2 Å². The second-order valence-corrected chi connectivity index (χ2v) is 3.89. The van der Waals surface area contributed by atoms with E-state index in [9.17, 15) is 8.78 Å². The van der Waals surface area contributed by atoms with Crippen LogP contribution in [0.4, 0.5) is 8.78 Å².